The molecule has 4 heteroatoms. The largest absolute Gasteiger partial charge is 0.458 e. The van der Waals surface area contributed by atoms with Crippen LogP contribution < -0.4 is 5.73 Å². The molecule has 0 radical (unpaired) electrons. The fourth-order valence-electron chi connectivity index (χ4n) is 1.31. The van der Waals surface area contributed by atoms with E-state index < -0.39 is 0 Å². The Labute approximate surface area is 82.3 Å². The number of furan rings is 1. The van der Waals surface area contributed by atoms with Crippen molar-refractivity contribution in [2.45, 2.75) is 13.5 Å². The molecule has 0 aliphatic heterocycles. The van der Waals surface area contributed by atoms with Gasteiger partial charge in [0.05, 0.1) is 6.54 Å². The lowest BCUT2D eigenvalue weighted by molar-refractivity contribution is 0.522. The molecule has 0 aliphatic rings. The highest BCUT2D eigenvalue weighted by Crippen LogP contribution is 2.20. The maximum absolute atomic E-state index is 5.49. The van der Waals surface area contributed by atoms with E-state index in [1.54, 1.807) is 0 Å². The summed E-state index contributed by atoms with van der Waals surface area (Å²) in [4.78, 5) is 0. The smallest absolute Gasteiger partial charge is 0.154 e. The van der Waals surface area contributed by atoms with Crippen molar-refractivity contribution in [3.05, 3.63) is 29.7 Å². The van der Waals surface area contributed by atoms with Crippen LogP contribution in [0.1, 0.15) is 11.5 Å². The first kappa shape index (κ1) is 9.02. The first-order valence-electron chi connectivity index (χ1n) is 4.50. The summed E-state index contributed by atoms with van der Waals surface area (Å²) in [7, 11) is 1.91. The minimum absolute atomic E-state index is 0.422. The molecule has 0 saturated carbocycles. The number of hydrogen-bond donors (Lipinski definition) is 1. The Hall–Kier alpha value is -1.55. The van der Waals surface area contributed by atoms with E-state index in [0.29, 0.717) is 6.54 Å². The first-order valence-corrected chi connectivity index (χ1v) is 4.50. The van der Waals surface area contributed by atoms with Crippen molar-refractivity contribution in [2.75, 3.05) is 0 Å². The maximum Gasteiger partial charge on any atom is 0.154 e. The highest BCUT2D eigenvalue weighted by Gasteiger charge is 2.08. The average molecular weight is 191 g/mol. The lowest BCUT2D eigenvalue weighted by Gasteiger charge is -1.90. The molecule has 2 N–H and O–H groups in total. The highest BCUT2D eigenvalue weighted by atomic mass is 16.3. The van der Waals surface area contributed by atoms with Gasteiger partial charge in [-0.2, -0.15) is 5.10 Å². The third-order valence-electron chi connectivity index (χ3n) is 2.23. The molecule has 2 heterocycles. The predicted molar refractivity (Wildman–Crippen MR) is 53.5 cm³/mol. The van der Waals surface area contributed by atoms with Crippen LogP contribution in [0.15, 0.2) is 22.6 Å². The summed E-state index contributed by atoms with van der Waals surface area (Å²) in [6, 6.07) is 5.75. The van der Waals surface area contributed by atoms with Crippen molar-refractivity contribution < 1.29 is 4.42 Å². The monoisotopic (exact) mass is 191 g/mol. The van der Waals surface area contributed by atoms with Gasteiger partial charge >= 0.3 is 0 Å². The number of nitrogens with two attached hydrogens (primary N) is 1. The molecule has 0 atom stereocenters. The van der Waals surface area contributed by atoms with E-state index >= 15 is 0 Å². The van der Waals surface area contributed by atoms with Crippen LogP contribution in [0.3, 0.4) is 0 Å². The van der Waals surface area contributed by atoms with E-state index in [9.17, 15) is 0 Å². The molecular weight excluding hydrogens is 178 g/mol. The Kier molecular flexibility index (Phi) is 2.13. The molecule has 2 aromatic rings. The van der Waals surface area contributed by atoms with E-state index in [1.165, 1.54) is 0 Å². The van der Waals surface area contributed by atoms with E-state index in [4.69, 9.17) is 10.2 Å². The number of hydrogen-bond acceptors (Lipinski definition) is 3. The summed E-state index contributed by atoms with van der Waals surface area (Å²) < 4.78 is 7.31. The first-order chi connectivity index (χ1) is 6.70. The highest BCUT2D eigenvalue weighted by molar-refractivity contribution is 5.52. The van der Waals surface area contributed by atoms with Gasteiger partial charge in [-0.05, 0) is 25.1 Å². The van der Waals surface area contributed by atoms with Gasteiger partial charge in [0.25, 0.3) is 0 Å². The van der Waals surface area contributed by atoms with Crippen LogP contribution >= 0.6 is 0 Å². The normalized spacial score (nSPS) is 10.8. The van der Waals surface area contributed by atoms with Gasteiger partial charge in [0, 0.05) is 12.7 Å². The van der Waals surface area contributed by atoms with Crippen LogP contribution in [0.4, 0.5) is 0 Å². The van der Waals surface area contributed by atoms with Crippen molar-refractivity contribution >= 4 is 0 Å². The number of aromatic nitrogens is 2. The maximum atomic E-state index is 5.49. The average Bonchev–Trinajstić information content (AvgIpc) is 2.74. The van der Waals surface area contributed by atoms with Gasteiger partial charge < -0.3 is 10.2 Å². The molecule has 0 bridgehead atoms. The fourth-order valence-corrected chi connectivity index (χ4v) is 1.31. The lowest BCUT2D eigenvalue weighted by Crippen LogP contribution is -1.93. The van der Waals surface area contributed by atoms with Gasteiger partial charge in [-0.25, -0.2) is 0 Å². The van der Waals surface area contributed by atoms with Gasteiger partial charge in [0.1, 0.15) is 11.5 Å². The third kappa shape index (κ3) is 1.44. The summed E-state index contributed by atoms with van der Waals surface area (Å²) in [6.07, 6.45) is 0. The van der Waals surface area contributed by atoms with Crippen LogP contribution in [0.25, 0.3) is 11.5 Å². The molecule has 0 fully saturated rings. The predicted octanol–water partition coefficient (Wildman–Crippen LogP) is 1.45. The third-order valence-corrected chi connectivity index (χ3v) is 2.23. The van der Waals surface area contributed by atoms with Crippen molar-refractivity contribution in [1.82, 2.24) is 9.78 Å². The van der Waals surface area contributed by atoms with Crippen LogP contribution in [-0.2, 0) is 13.6 Å². The SMILES string of the molecule is Cc1cc(-c2ccc(CN)o2)nn1C. The van der Waals surface area contributed by atoms with E-state index in [1.807, 2.05) is 36.9 Å². The fraction of sp³-hybridized carbons (Fsp3) is 0.300. The minimum atomic E-state index is 0.422. The van der Waals surface area contributed by atoms with E-state index in [-0.39, 0.29) is 0 Å². The Morgan fingerprint density at radius 1 is 1.50 bits per heavy atom. The molecule has 74 valence electrons. The topological polar surface area (TPSA) is 57.0 Å². The Morgan fingerprint density at radius 2 is 2.29 bits per heavy atom. The Morgan fingerprint density at radius 3 is 2.79 bits per heavy atom. The quantitative estimate of drug-likeness (QED) is 0.781. The molecule has 0 aromatic carbocycles. The molecule has 0 saturated heterocycles. The Bertz CT molecular complexity index is 422. The molecule has 0 amide bonds. The zero-order valence-electron chi connectivity index (χ0n) is 8.32. The number of rotatable bonds is 2. The second-order valence-electron chi connectivity index (χ2n) is 3.26. The van der Waals surface area contributed by atoms with E-state index in [0.717, 1.165) is 22.9 Å². The van der Waals surface area contributed by atoms with Crippen molar-refractivity contribution in [3.63, 3.8) is 0 Å². The van der Waals surface area contributed by atoms with Gasteiger partial charge in [-0.3, -0.25) is 4.68 Å². The molecule has 4 nitrogen and oxygen atoms in total. The summed E-state index contributed by atoms with van der Waals surface area (Å²) in [5.74, 6) is 1.55. The Balaban J connectivity index is 2.39. The van der Waals surface area contributed by atoms with Gasteiger partial charge in [-0.15, -0.1) is 0 Å². The van der Waals surface area contributed by atoms with Gasteiger partial charge in [-0.1, -0.05) is 0 Å². The van der Waals surface area contributed by atoms with Crippen molar-refractivity contribution in [2.24, 2.45) is 12.8 Å². The number of nitrogens with zero attached hydrogens (tertiary/aromatic N) is 2. The lowest BCUT2D eigenvalue weighted by atomic mass is 10.3. The standard InChI is InChI=1S/C10H13N3O/c1-7-5-9(12-13(7)2)10-4-3-8(6-11)14-10/h3-5H,6,11H2,1-2H3. The molecular formula is C10H13N3O. The van der Waals surface area contributed by atoms with Gasteiger partial charge in [0.2, 0.25) is 0 Å². The summed E-state index contributed by atoms with van der Waals surface area (Å²) in [5, 5.41) is 4.31. The zero-order chi connectivity index (χ0) is 10.1. The van der Waals surface area contributed by atoms with Crippen molar-refractivity contribution in [1.29, 1.82) is 0 Å². The van der Waals surface area contributed by atoms with Crippen LogP contribution in [-0.4, -0.2) is 9.78 Å². The zero-order valence-corrected chi connectivity index (χ0v) is 8.32. The summed E-state index contributed by atoms with van der Waals surface area (Å²) in [5.41, 5.74) is 7.41. The second-order valence-corrected chi connectivity index (χ2v) is 3.26. The molecule has 2 aromatic heterocycles. The second kappa shape index (κ2) is 3.31. The number of aryl methyl sites for hydroxylation is 2. The molecule has 14 heavy (non-hydrogen) atoms. The molecule has 0 aliphatic carbocycles. The molecule has 0 unspecified atom stereocenters. The molecule has 2 rings (SSSR count). The van der Waals surface area contributed by atoms with Gasteiger partial charge in [0.15, 0.2) is 5.76 Å². The van der Waals surface area contributed by atoms with Crippen LogP contribution in [0.5, 0.6) is 0 Å². The summed E-state index contributed by atoms with van der Waals surface area (Å²) >= 11 is 0. The summed E-state index contributed by atoms with van der Waals surface area (Å²) in [6.45, 7) is 2.43. The van der Waals surface area contributed by atoms with Crippen LogP contribution in [0.2, 0.25) is 0 Å². The minimum Gasteiger partial charge on any atom is -0.458 e. The van der Waals surface area contributed by atoms with Crippen LogP contribution in [0, 0.1) is 6.92 Å². The molecule has 0 spiro atoms. The van der Waals surface area contributed by atoms with E-state index in [2.05, 4.69) is 5.10 Å². The van der Waals surface area contributed by atoms with Crippen molar-refractivity contribution in [3.8, 4) is 11.5 Å².